The van der Waals surface area contributed by atoms with Crippen LogP contribution in [0.3, 0.4) is 0 Å². The van der Waals surface area contributed by atoms with Gasteiger partial charge in [-0.3, -0.25) is 0 Å². The van der Waals surface area contributed by atoms with Crippen molar-refractivity contribution in [3.8, 4) is 11.1 Å². The number of fused-ring (bicyclic) bond motifs is 1. The van der Waals surface area contributed by atoms with Crippen molar-refractivity contribution < 1.29 is 19.0 Å². The van der Waals surface area contributed by atoms with Crippen LogP contribution in [0.15, 0.2) is 54.7 Å². The van der Waals surface area contributed by atoms with Crippen LogP contribution in [0.5, 0.6) is 0 Å². The third-order valence-electron chi connectivity index (χ3n) is 6.02. The quantitative estimate of drug-likeness (QED) is 0.335. The summed E-state index contributed by atoms with van der Waals surface area (Å²) in [6, 6.07) is 15.2. The average molecular weight is 475 g/mol. The predicted octanol–water partition coefficient (Wildman–Crippen LogP) is 6.76. The number of hydrogen-bond acceptors (Lipinski definition) is 3. The summed E-state index contributed by atoms with van der Waals surface area (Å²) < 4.78 is 22.2. The molecular formula is C29H31FN2O3. The molecule has 0 spiro atoms. The van der Waals surface area contributed by atoms with Crippen LogP contribution < -0.4 is 0 Å². The molecule has 0 fully saturated rings. The Balaban J connectivity index is 1.95. The number of hydrogen-bond donors (Lipinski definition) is 1. The maximum Gasteiger partial charge on any atom is 0.337 e. The van der Waals surface area contributed by atoms with Gasteiger partial charge >= 0.3 is 5.97 Å². The topological polar surface area (TPSA) is 64.3 Å². The Kier molecular flexibility index (Phi) is 6.52. The van der Waals surface area contributed by atoms with E-state index in [1.807, 2.05) is 81.8 Å². The standard InChI is InChI=1S/C29H31FN2O3/c1-17-7-11-21(12-8-17)25-22-13-14-32(16-20-10-9-18(2)23(30)15-20)27(22)31-19(3)24(25)26(28(33)34)35-29(4,5)6/h7-15,26H,16H2,1-6H3,(H,33,34). The van der Waals surface area contributed by atoms with Gasteiger partial charge in [0.1, 0.15) is 11.5 Å². The molecule has 1 unspecified atom stereocenters. The highest BCUT2D eigenvalue weighted by Gasteiger charge is 2.32. The van der Waals surface area contributed by atoms with Crippen molar-refractivity contribution in [1.82, 2.24) is 9.55 Å². The molecule has 0 saturated heterocycles. The zero-order chi connectivity index (χ0) is 25.5. The maximum atomic E-state index is 14.2. The number of aliphatic carboxylic acids is 1. The predicted molar refractivity (Wildman–Crippen MR) is 136 cm³/mol. The molecule has 2 aromatic heterocycles. The molecule has 0 aliphatic carbocycles. The van der Waals surface area contributed by atoms with Crippen molar-refractivity contribution >= 4 is 17.0 Å². The molecule has 35 heavy (non-hydrogen) atoms. The lowest BCUT2D eigenvalue weighted by molar-refractivity contribution is -0.160. The Labute approximate surface area is 205 Å². The average Bonchev–Trinajstić information content (AvgIpc) is 3.16. The van der Waals surface area contributed by atoms with E-state index in [0.29, 0.717) is 29.0 Å². The number of aryl methyl sites for hydroxylation is 3. The Morgan fingerprint density at radius 2 is 1.77 bits per heavy atom. The molecule has 4 rings (SSSR count). The van der Waals surface area contributed by atoms with E-state index in [2.05, 4.69) is 0 Å². The molecule has 0 bridgehead atoms. The summed E-state index contributed by atoms with van der Waals surface area (Å²) in [5.41, 5.74) is 5.39. The van der Waals surface area contributed by atoms with E-state index in [0.717, 1.165) is 27.6 Å². The second-order valence-corrected chi connectivity index (χ2v) is 10.1. The molecule has 1 N–H and O–H groups in total. The number of rotatable bonds is 6. The minimum Gasteiger partial charge on any atom is -0.479 e. The SMILES string of the molecule is Cc1ccc(-c2c(C(OC(C)(C)C)C(=O)O)c(C)nc3c2ccn3Cc2ccc(C)c(F)c2)cc1. The summed E-state index contributed by atoms with van der Waals surface area (Å²) in [6.45, 7) is 11.5. The number of pyridine rings is 1. The fourth-order valence-corrected chi connectivity index (χ4v) is 4.33. The van der Waals surface area contributed by atoms with Gasteiger partial charge in [0.15, 0.2) is 6.10 Å². The summed E-state index contributed by atoms with van der Waals surface area (Å²) in [4.78, 5) is 17.3. The van der Waals surface area contributed by atoms with E-state index in [1.165, 1.54) is 0 Å². The summed E-state index contributed by atoms with van der Waals surface area (Å²) in [7, 11) is 0. The van der Waals surface area contributed by atoms with E-state index in [1.54, 1.807) is 19.1 Å². The van der Waals surface area contributed by atoms with Gasteiger partial charge in [-0.25, -0.2) is 14.2 Å². The van der Waals surface area contributed by atoms with Crippen LogP contribution in [0.4, 0.5) is 4.39 Å². The molecule has 0 radical (unpaired) electrons. The molecule has 5 nitrogen and oxygen atoms in total. The monoisotopic (exact) mass is 474 g/mol. The van der Waals surface area contributed by atoms with E-state index in [9.17, 15) is 14.3 Å². The zero-order valence-corrected chi connectivity index (χ0v) is 21.0. The lowest BCUT2D eigenvalue weighted by Gasteiger charge is -2.28. The lowest BCUT2D eigenvalue weighted by atomic mass is 9.92. The van der Waals surface area contributed by atoms with Crippen LogP contribution in [-0.4, -0.2) is 26.2 Å². The largest absolute Gasteiger partial charge is 0.479 e. The minimum atomic E-state index is -1.18. The van der Waals surface area contributed by atoms with E-state index in [-0.39, 0.29) is 5.82 Å². The summed E-state index contributed by atoms with van der Waals surface area (Å²) in [6.07, 6.45) is 0.731. The fraction of sp³-hybridized carbons (Fsp3) is 0.310. The van der Waals surface area contributed by atoms with Gasteiger partial charge in [-0.05, 0) is 70.4 Å². The van der Waals surface area contributed by atoms with Crippen molar-refractivity contribution in [3.63, 3.8) is 0 Å². The summed E-state index contributed by atoms with van der Waals surface area (Å²) >= 11 is 0. The maximum absolute atomic E-state index is 14.2. The molecule has 6 heteroatoms. The Morgan fingerprint density at radius 1 is 1.09 bits per heavy atom. The Bertz CT molecular complexity index is 1400. The van der Waals surface area contributed by atoms with E-state index >= 15 is 0 Å². The number of ether oxygens (including phenoxy) is 1. The highest BCUT2D eigenvalue weighted by atomic mass is 19.1. The molecule has 2 heterocycles. The van der Waals surface area contributed by atoms with Gasteiger partial charge in [0, 0.05) is 34.9 Å². The molecule has 4 aromatic rings. The number of nitrogens with zero attached hydrogens (tertiary/aromatic N) is 2. The van der Waals surface area contributed by atoms with Crippen molar-refractivity contribution in [2.24, 2.45) is 0 Å². The molecule has 0 amide bonds. The van der Waals surface area contributed by atoms with Crippen LogP contribution >= 0.6 is 0 Å². The summed E-state index contributed by atoms with van der Waals surface area (Å²) in [5.74, 6) is -1.30. The van der Waals surface area contributed by atoms with Gasteiger partial charge in [0.2, 0.25) is 0 Å². The van der Waals surface area contributed by atoms with Gasteiger partial charge in [-0.15, -0.1) is 0 Å². The van der Waals surface area contributed by atoms with Gasteiger partial charge in [0.25, 0.3) is 0 Å². The summed E-state index contributed by atoms with van der Waals surface area (Å²) in [5, 5.41) is 11.0. The van der Waals surface area contributed by atoms with Crippen LogP contribution in [0.25, 0.3) is 22.2 Å². The minimum absolute atomic E-state index is 0.241. The van der Waals surface area contributed by atoms with Crippen molar-refractivity contribution in [2.75, 3.05) is 0 Å². The number of carbonyl (C=O) groups is 1. The fourth-order valence-electron chi connectivity index (χ4n) is 4.33. The number of carboxylic acid groups (broad SMARTS) is 1. The van der Waals surface area contributed by atoms with E-state index in [4.69, 9.17) is 9.72 Å². The molecule has 1 atom stereocenters. The first-order chi connectivity index (χ1) is 16.4. The first kappa shape index (κ1) is 24.6. The van der Waals surface area contributed by atoms with Crippen LogP contribution in [-0.2, 0) is 16.1 Å². The molecule has 2 aromatic carbocycles. The van der Waals surface area contributed by atoms with Gasteiger partial charge in [-0.2, -0.15) is 0 Å². The lowest BCUT2D eigenvalue weighted by Crippen LogP contribution is -2.28. The highest BCUT2D eigenvalue weighted by Crippen LogP contribution is 2.39. The Morgan fingerprint density at radius 3 is 2.37 bits per heavy atom. The van der Waals surface area contributed by atoms with Gasteiger partial charge < -0.3 is 14.4 Å². The van der Waals surface area contributed by atoms with Crippen molar-refractivity contribution in [2.45, 2.75) is 59.8 Å². The first-order valence-corrected chi connectivity index (χ1v) is 11.7. The smallest absolute Gasteiger partial charge is 0.337 e. The number of aromatic nitrogens is 2. The van der Waals surface area contributed by atoms with Crippen LogP contribution in [0.1, 0.15) is 54.8 Å². The number of halogens is 1. The zero-order valence-electron chi connectivity index (χ0n) is 21.0. The molecule has 0 aliphatic rings. The van der Waals surface area contributed by atoms with Crippen molar-refractivity contribution in [3.05, 3.63) is 88.5 Å². The normalized spacial score (nSPS) is 12.8. The first-order valence-electron chi connectivity index (χ1n) is 11.7. The Hall–Kier alpha value is -3.51. The highest BCUT2D eigenvalue weighted by molar-refractivity contribution is 5.97. The van der Waals surface area contributed by atoms with E-state index < -0.39 is 17.7 Å². The second kappa shape index (κ2) is 9.27. The second-order valence-electron chi connectivity index (χ2n) is 10.1. The molecule has 0 saturated carbocycles. The van der Waals surface area contributed by atoms with Gasteiger partial charge in [-0.1, -0.05) is 42.0 Å². The third kappa shape index (κ3) is 5.13. The van der Waals surface area contributed by atoms with Crippen LogP contribution in [0.2, 0.25) is 0 Å². The number of benzene rings is 2. The third-order valence-corrected chi connectivity index (χ3v) is 6.02. The molecule has 0 aliphatic heterocycles. The van der Waals surface area contributed by atoms with Crippen LogP contribution in [0, 0.1) is 26.6 Å². The molecule has 182 valence electrons. The molecular weight excluding hydrogens is 443 g/mol. The van der Waals surface area contributed by atoms with Crippen molar-refractivity contribution in [1.29, 1.82) is 0 Å². The van der Waals surface area contributed by atoms with Gasteiger partial charge in [0.05, 0.1) is 5.60 Å². The number of carboxylic acids is 1.